The molecule has 5 nitrogen and oxygen atoms in total. The third-order valence-corrected chi connectivity index (χ3v) is 3.44. The number of aliphatic hydroxyl groups is 3. The third kappa shape index (κ3) is 25.3. The summed E-state index contributed by atoms with van der Waals surface area (Å²) < 4.78 is 0. The summed E-state index contributed by atoms with van der Waals surface area (Å²) in [4.78, 5) is 10.2. The van der Waals surface area contributed by atoms with Crippen LogP contribution < -0.4 is 0 Å². The van der Waals surface area contributed by atoms with Crippen molar-refractivity contribution in [2.24, 2.45) is 0 Å². The van der Waals surface area contributed by atoms with E-state index in [1.165, 1.54) is 65.7 Å². The van der Waals surface area contributed by atoms with Gasteiger partial charge in [0.1, 0.15) is 11.2 Å². The van der Waals surface area contributed by atoms with Crippen LogP contribution in [0.5, 0.6) is 0 Å². The highest BCUT2D eigenvalue weighted by Gasteiger charge is 2.16. The first-order chi connectivity index (χ1) is 11.5. The van der Waals surface area contributed by atoms with Gasteiger partial charge in [-0.05, 0) is 27.2 Å². The minimum absolute atomic E-state index is 0.343. The quantitative estimate of drug-likeness (QED) is 0.335. The molecule has 0 aliphatic rings. The zero-order valence-electron chi connectivity index (χ0n) is 16.5. The molecule has 0 saturated heterocycles. The molecule has 0 aromatic heterocycles. The highest BCUT2D eigenvalue weighted by atomic mass is 16.4. The summed E-state index contributed by atoms with van der Waals surface area (Å²) in [5.41, 5.74) is -2.54. The van der Waals surface area contributed by atoms with E-state index in [-0.39, 0.29) is 0 Å². The maximum Gasteiger partial charge on any atom is 0.303 e. The van der Waals surface area contributed by atoms with E-state index in [1.54, 1.807) is 0 Å². The number of hydrogen-bond donors (Lipinski definition) is 4. The summed E-state index contributed by atoms with van der Waals surface area (Å²) >= 11 is 0. The Bertz CT molecular complexity index is 385. The van der Waals surface area contributed by atoms with E-state index in [0.29, 0.717) is 6.42 Å². The van der Waals surface area contributed by atoms with Crippen LogP contribution in [0, 0.1) is 11.8 Å². The molecule has 0 aromatic carbocycles. The summed E-state index contributed by atoms with van der Waals surface area (Å²) in [5, 5.41) is 35.2. The Labute approximate surface area is 153 Å². The van der Waals surface area contributed by atoms with E-state index in [1.807, 2.05) is 0 Å². The Morgan fingerprint density at radius 1 is 0.840 bits per heavy atom. The molecular weight excluding hydrogens is 320 g/mol. The SMILES string of the molecule is CC(C)(O)C#CC(C)(O)CO.CCCCCCCCCCCC(=O)O. The van der Waals surface area contributed by atoms with Crippen LogP contribution in [0.2, 0.25) is 0 Å². The molecule has 0 fully saturated rings. The standard InChI is InChI=1S/C12H24O2.C8H14O3/c1-2-3-4-5-6-7-8-9-10-11-12(13)14;1-7(2,10)4-5-8(3,11)6-9/h2-11H2,1H3,(H,13,14);9-11H,6H2,1-3H3. The first kappa shape index (κ1) is 26.1. The number of aliphatic hydroxyl groups excluding tert-OH is 1. The molecule has 0 radical (unpaired) electrons. The molecule has 1 atom stereocenters. The second kappa shape index (κ2) is 15.2. The molecular formula is C20H38O5. The maximum atomic E-state index is 10.2. The number of aliphatic carboxylic acids is 1. The fourth-order valence-electron chi connectivity index (χ4n) is 1.91. The summed E-state index contributed by atoms with van der Waals surface area (Å²) in [6.45, 7) is 6.19. The van der Waals surface area contributed by atoms with Gasteiger partial charge in [0, 0.05) is 6.42 Å². The number of carboxylic acids is 1. The van der Waals surface area contributed by atoms with Crippen molar-refractivity contribution in [3.63, 3.8) is 0 Å². The molecule has 0 aliphatic heterocycles. The third-order valence-electron chi connectivity index (χ3n) is 3.44. The molecule has 0 amide bonds. The highest BCUT2D eigenvalue weighted by molar-refractivity contribution is 5.66. The second-order valence-electron chi connectivity index (χ2n) is 7.21. The van der Waals surface area contributed by atoms with Crippen molar-refractivity contribution in [1.29, 1.82) is 0 Å². The van der Waals surface area contributed by atoms with Crippen LogP contribution in [-0.4, -0.2) is 44.2 Å². The van der Waals surface area contributed by atoms with Gasteiger partial charge in [-0.15, -0.1) is 0 Å². The number of carbonyl (C=O) groups is 1. The maximum absolute atomic E-state index is 10.2. The van der Waals surface area contributed by atoms with E-state index < -0.39 is 23.8 Å². The first-order valence-corrected chi connectivity index (χ1v) is 9.36. The minimum Gasteiger partial charge on any atom is -0.481 e. The lowest BCUT2D eigenvalue weighted by molar-refractivity contribution is -0.137. The average molecular weight is 359 g/mol. The second-order valence-corrected chi connectivity index (χ2v) is 7.21. The average Bonchev–Trinajstić information content (AvgIpc) is 2.51. The van der Waals surface area contributed by atoms with Gasteiger partial charge in [-0.1, -0.05) is 70.1 Å². The van der Waals surface area contributed by atoms with E-state index in [2.05, 4.69) is 18.8 Å². The number of carboxylic acid groups (broad SMARTS) is 1. The van der Waals surface area contributed by atoms with Crippen LogP contribution in [-0.2, 0) is 4.79 Å². The van der Waals surface area contributed by atoms with Gasteiger partial charge in [-0.2, -0.15) is 0 Å². The summed E-state index contributed by atoms with van der Waals surface area (Å²) in [7, 11) is 0. The zero-order valence-corrected chi connectivity index (χ0v) is 16.5. The topological polar surface area (TPSA) is 98.0 Å². The Balaban J connectivity index is 0. The van der Waals surface area contributed by atoms with Crippen molar-refractivity contribution in [3.8, 4) is 11.8 Å². The van der Waals surface area contributed by atoms with Gasteiger partial charge in [-0.25, -0.2) is 0 Å². The van der Waals surface area contributed by atoms with Gasteiger partial charge in [0.2, 0.25) is 0 Å². The number of unbranched alkanes of at least 4 members (excludes halogenated alkanes) is 8. The molecule has 4 N–H and O–H groups in total. The van der Waals surface area contributed by atoms with Gasteiger partial charge < -0.3 is 20.4 Å². The van der Waals surface area contributed by atoms with Crippen molar-refractivity contribution in [2.75, 3.05) is 6.61 Å². The molecule has 148 valence electrons. The lowest BCUT2D eigenvalue weighted by Gasteiger charge is -2.13. The highest BCUT2D eigenvalue weighted by Crippen LogP contribution is 2.10. The van der Waals surface area contributed by atoms with Gasteiger partial charge >= 0.3 is 5.97 Å². The molecule has 0 aliphatic carbocycles. The van der Waals surface area contributed by atoms with Crippen LogP contribution in [0.4, 0.5) is 0 Å². The van der Waals surface area contributed by atoms with Crippen LogP contribution in [0.3, 0.4) is 0 Å². The molecule has 0 spiro atoms. The molecule has 5 heteroatoms. The van der Waals surface area contributed by atoms with Gasteiger partial charge in [0.05, 0.1) is 6.61 Å². The largest absolute Gasteiger partial charge is 0.481 e. The monoisotopic (exact) mass is 358 g/mol. The Kier molecular flexibility index (Phi) is 15.9. The Morgan fingerprint density at radius 2 is 1.28 bits per heavy atom. The van der Waals surface area contributed by atoms with Crippen LogP contribution in [0.25, 0.3) is 0 Å². The molecule has 0 rings (SSSR count). The van der Waals surface area contributed by atoms with Gasteiger partial charge in [-0.3, -0.25) is 4.79 Å². The number of rotatable bonds is 11. The van der Waals surface area contributed by atoms with Crippen LogP contribution in [0.15, 0.2) is 0 Å². The minimum atomic E-state index is -1.42. The van der Waals surface area contributed by atoms with Crippen molar-refractivity contribution in [1.82, 2.24) is 0 Å². The molecule has 0 bridgehead atoms. The molecule has 25 heavy (non-hydrogen) atoms. The fraction of sp³-hybridized carbons (Fsp3) is 0.850. The smallest absolute Gasteiger partial charge is 0.303 e. The van der Waals surface area contributed by atoms with Gasteiger partial charge in [0.25, 0.3) is 0 Å². The van der Waals surface area contributed by atoms with E-state index in [0.717, 1.165) is 12.8 Å². The molecule has 0 aromatic rings. The van der Waals surface area contributed by atoms with Crippen LogP contribution in [0.1, 0.15) is 91.9 Å². The van der Waals surface area contributed by atoms with Crippen molar-refractivity contribution >= 4 is 5.97 Å². The van der Waals surface area contributed by atoms with Crippen molar-refractivity contribution in [2.45, 2.75) is 103 Å². The molecule has 0 saturated carbocycles. The molecule has 1 unspecified atom stereocenters. The Morgan fingerprint density at radius 3 is 1.64 bits per heavy atom. The predicted molar refractivity (Wildman–Crippen MR) is 101 cm³/mol. The Hall–Kier alpha value is -1.09. The van der Waals surface area contributed by atoms with Crippen LogP contribution >= 0.6 is 0 Å². The van der Waals surface area contributed by atoms with E-state index in [4.69, 9.17) is 20.4 Å². The lowest BCUT2D eigenvalue weighted by atomic mass is 10.1. The van der Waals surface area contributed by atoms with E-state index >= 15 is 0 Å². The number of hydrogen-bond acceptors (Lipinski definition) is 4. The normalized spacial score (nSPS) is 13.1. The predicted octanol–water partition coefficient (Wildman–Crippen LogP) is 3.50. The first-order valence-electron chi connectivity index (χ1n) is 9.36. The van der Waals surface area contributed by atoms with E-state index in [9.17, 15) is 4.79 Å². The van der Waals surface area contributed by atoms with Crippen molar-refractivity contribution < 1.29 is 25.2 Å². The summed E-state index contributed by atoms with van der Waals surface area (Å²) in [6, 6.07) is 0. The molecule has 0 heterocycles. The summed E-state index contributed by atoms with van der Waals surface area (Å²) in [5.74, 6) is 4.10. The zero-order chi connectivity index (χ0) is 19.8. The lowest BCUT2D eigenvalue weighted by Crippen LogP contribution is -2.28. The summed E-state index contributed by atoms with van der Waals surface area (Å²) in [6.07, 6.45) is 11.5. The fourth-order valence-corrected chi connectivity index (χ4v) is 1.91. The van der Waals surface area contributed by atoms with Crippen molar-refractivity contribution in [3.05, 3.63) is 0 Å². The van der Waals surface area contributed by atoms with Gasteiger partial charge in [0.15, 0.2) is 0 Å².